The first-order valence-electron chi connectivity index (χ1n) is 6.70. The zero-order valence-corrected chi connectivity index (χ0v) is 10.9. The maximum Gasteiger partial charge on any atom is 0.222 e. The van der Waals surface area contributed by atoms with Crippen molar-refractivity contribution in [2.45, 2.75) is 31.9 Å². The van der Waals surface area contributed by atoms with Crippen LogP contribution in [0.5, 0.6) is 0 Å². The van der Waals surface area contributed by atoms with Gasteiger partial charge in [0.15, 0.2) is 0 Å². The van der Waals surface area contributed by atoms with E-state index in [1.54, 1.807) is 0 Å². The third kappa shape index (κ3) is 2.62. The van der Waals surface area contributed by atoms with Gasteiger partial charge in [0.2, 0.25) is 5.95 Å². The molecule has 2 aliphatic heterocycles. The molecule has 0 aromatic carbocycles. The lowest BCUT2D eigenvalue weighted by molar-refractivity contribution is 0.120. The van der Waals surface area contributed by atoms with Crippen molar-refractivity contribution in [3.8, 4) is 0 Å². The van der Waals surface area contributed by atoms with Gasteiger partial charge in [0.1, 0.15) is 0 Å². The largest absolute Gasteiger partial charge is 0.376 e. The van der Waals surface area contributed by atoms with Crippen molar-refractivity contribution in [3.05, 3.63) is 17.5 Å². The van der Waals surface area contributed by atoms with Gasteiger partial charge in [0.05, 0.1) is 11.8 Å². The molecular formula is C13H20N4O. The van der Waals surface area contributed by atoms with Crippen molar-refractivity contribution in [1.82, 2.24) is 14.9 Å². The van der Waals surface area contributed by atoms with Gasteiger partial charge in [-0.2, -0.15) is 0 Å². The average molecular weight is 248 g/mol. The molecule has 0 saturated carbocycles. The van der Waals surface area contributed by atoms with Crippen molar-refractivity contribution >= 4 is 5.95 Å². The summed E-state index contributed by atoms with van der Waals surface area (Å²) in [7, 11) is 2.13. The minimum Gasteiger partial charge on any atom is -0.376 e. The number of ether oxygens (including phenoxy) is 1. The molecule has 0 aliphatic carbocycles. The molecule has 0 unspecified atom stereocenters. The summed E-state index contributed by atoms with van der Waals surface area (Å²) in [5, 5.41) is 3.29. The number of fused-ring (bicyclic) bond motifs is 1. The van der Waals surface area contributed by atoms with Crippen LogP contribution >= 0.6 is 0 Å². The molecule has 2 aliphatic rings. The summed E-state index contributed by atoms with van der Waals surface area (Å²) in [6.45, 7) is 3.75. The van der Waals surface area contributed by atoms with Gasteiger partial charge in [-0.05, 0) is 19.9 Å². The SMILES string of the molecule is CN1CCc2nc(NC[C@H]3CCCO3)ncc2C1. The van der Waals surface area contributed by atoms with Crippen LogP contribution in [0.15, 0.2) is 6.20 Å². The minimum absolute atomic E-state index is 0.329. The van der Waals surface area contributed by atoms with Gasteiger partial charge in [-0.1, -0.05) is 0 Å². The first-order chi connectivity index (χ1) is 8.81. The van der Waals surface area contributed by atoms with E-state index in [1.165, 1.54) is 17.7 Å². The van der Waals surface area contributed by atoms with Crippen molar-refractivity contribution in [2.24, 2.45) is 0 Å². The Kier molecular flexibility index (Phi) is 3.43. The van der Waals surface area contributed by atoms with Crippen LogP contribution in [-0.2, 0) is 17.7 Å². The highest BCUT2D eigenvalue weighted by Gasteiger charge is 2.17. The number of nitrogens with zero attached hydrogens (tertiary/aromatic N) is 3. The molecule has 1 aromatic heterocycles. The van der Waals surface area contributed by atoms with Crippen molar-refractivity contribution in [3.63, 3.8) is 0 Å². The summed E-state index contributed by atoms with van der Waals surface area (Å²) in [5.74, 6) is 0.744. The lowest BCUT2D eigenvalue weighted by Crippen LogP contribution is -2.28. The van der Waals surface area contributed by atoms with E-state index in [1.807, 2.05) is 6.20 Å². The normalized spacial score (nSPS) is 23.9. The summed E-state index contributed by atoms with van der Waals surface area (Å²) in [6.07, 6.45) is 5.61. The molecule has 0 radical (unpaired) electrons. The monoisotopic (exact) mass is 248 g/mol. The van der Waals surface area contributed by atoms with Gasteiger partial charge in [0.25, 0.3) is 0 Å². The lowest BCUT2D eigenvalue weighted by Gasteiger charge is -2.24. The zero-order chi connectivity index (χ0) is 12.4. The van der Waals surface area contributed by atoms with Crippen LogP contribution in [0, 0.1) is 0 Å². The summed E-state index contributed by atoms with van der Waals surface area (Å²) in [5.41, 5.74) is 2.45. The van der Waals surface area contributed by atoms with Crippen LogP contribution in [0.25, 0.3) is 0 Å². The van der Waals surface area contributed by atoms with Crippen LogP contribution < -0.4 is 5.32 Å². The molecule has 1 aromatic rings. The Morgan fingerprint density at radius 1 is 1.56 bits per heavy atom. The van der Waals surface area contributed by atoms with E-state index in [-0.39, 0.29) is 0 Å². The fourth-order valence-corrected chi connectivity index (χ4v) is 2.55. The molecule has 1 N–H and O–H groups in total. The van der Waals surface area contributed by atoms with Crippen LogP contribution in [0.2, 0.25) is 0 Å². The van der Waals surface area contributed by atoms with E-state index >= 15 is 0 Å². The van der Waals surface area contributed by atoms with Crippen molar-refractivity contribution in [1.29, 1.82) is 0 Å². The van der Waals surface area contributed by atoms with Crippen LogP contribution in [0.1, 0.15) is 24.1 Å². The van der Waals surface area contributed by atoms with E-state index < -0.39 is 0 Å². The maximum absolute atomic E-state index is 5.58. The second-order valence-corrected chi connectivity index (χ2v) is 5.17. The molecule has 3 heterocycles. The Morgan fingerprint density at radius 2 is 2.50 bits per heavy atom. The summed E-state index contributed by atoms with van der Waals surface area (Å²) >= 11 is 0. The minimum atomic E-state index is 0.329. The average Bonchev–Trinajstić information content (AvgIpc) is 2.89. The quantitative estimate of drug-likeness (QED) is 0.866. The molecule has 5 nitrogen and oxygen atoms in total. The highest BCUT2D eigenvalue weighted by Crippen LogP contribution is 2.17. The Morgan fingerprint density at radius 3 is 3.33 bits per heavy atom. The molecule has 0 spiro atoms. The fourth-order valence-electron chi connectivity index (χ4n) is 2.55. The Bertz CT molecular complexity index is 417. The van der Waals surface area contributed by atoms with E-state index in [9.17, 15) is 0 Å². The van der Waals surface area contributed by atoms with Gasteiger partial charge in [-0.15, -0.1) is 0 Å². The molecular weight excluding hydrogens is 228 g/mol. The third-order valence-corrected chi connectivity index (χ3v) is 3.64. The Balaban J connectivity index is 1.63. The molecule has 3 rings (SSSR count). The van der Waals surface area contributed by atoms with Gasteiger partial charge >= 0.3 is 0 Å². The predicted molar refractivity (Wildman–Crippen MR) is 69.5 cm³/mol. The number of likely N-dealkylation sites (N-methyl/N-ethyl adjacent to an activating group) is 1. The molecule has 0 bridgehead atoms. The lowest BCUT2D eigenvalue weighted by atomic mass is 10.1. The first-order valence-corrected chi connectivity index (χ1v) is 6.70. The molecule has 1 saturated heterocycles. The molecule has 1 atom stereocenters. The molecule has 0 amide bonds. The first kappa shape index (κ1) is 11.9. The van der Waals surface area contributed by atoms with E-state index in [0.717, 1.165) is 45.0 Å². The maximum atomic E-state index is 5.58. The second-order valence-electron chi connectivity index (χ2n) is 5.17. The van der Waals surface area contributed by atoms with E-state index in [4.69, 9.17) is 4.74 Å². The molecule has 18 heavy (non-hydrogen) atoms. The number of hydrogen-bond acceptors (Lipinski definition) is 5. The Hall–Kier alpha value is -1.20. The predicted octanol–water partition coefficient (Wildman–Crippen LogP) is 1.06. The molecule has 1 fully saturated rings. The highest BCUT2D eigenvalue weighted by molar-refractivity contribution is 5.31. The highest BCUT2D eigenvalue weighted by atomic mass is 16.5. The zero-order valence-electron chi connectivity index (χ0n) is 10.9. The molecule has 5 heteroatoms. The van der Waals surface area contributed by atoms with Gasteiger partial charge < -0.3 is 15.0 Å². The molecule has 98 valence electrons. The van der Waals surface area contributed by atoms with E-state index in [2.05, 4.69) is 27.2 Å². The van der Waals surface area contributed by atoms with Crippen LogP contribution in [-0.4, -0.2) is 47.7 Å². The third-order valence-electron chi connectivity index (χ3n) is 3.64. The summed E-state index contributed by atoms with van der Waals surface area (Å²) < 4.78 is 5.58. The number of nitrogens with one attached hydrogen (secondary N) is 1. The topological polar surface area (TPSA) is 50.3 Å². The number of rotatable bonds is 3. The van der Waals surface area contributed by atoms with Crippen molar-refractivity contribution in [2.75, 3.05) is 32.1 Å². The van der Waals surface area contributed by atoms with Gasteiger partial charge in [-0.3, -0.25) is 0 Å². The number of anilines is 1. The second kappa shape index (κ2) is 5.20. The van der Waals surface area contributed by atoms with Gasteiger partial charge in [-0.25, -0.2) is 9.97 Å². The van der Waals surface area contributed by atoms with Gasteiger partial charge in [0, 0.05) is 44.4 Å². The number of hydrogen-bond donors (Lipinski definition) is 1. The summed E-state index contributed by atoms with van der Waals surface area (Å²) in [6, 6.07) is 0. The van der Waals surface area contributed by atoms with Crippen LogP contribution in [0.4, 0.5) is 5.95 Å². The van der Waals surface area contributed by atoms with Crippen LogP contribution in [0.3, 0.4) is 0 Å². The standard InChI is InChI=1S/C13H20N4O/c1-17-5-4-12-10(9-17)7-14-13(16-12)15-8-11-3-2-6-18-11/h7,11H,2-6,8-9H2,1H3,(H,14,15,16)/t11-/m1/s1. The number of aromatic nitrogens is 2. The fraction of sp³-hybridized carbons (Fsp3) is 0.692. The smallest absolute Gasteiger partial charge is 0.222 e. The van der Waals surface area contributed by atoms with E-state index in [0.29, 0.717) is 6.10 Å². The Labute approximate surface area is 108 Å². The summed E-state index contributed by atoms with van der Waals surface area (Å²) in [4.78, 5) is 11.3. The van der Waals surface area contributed by atoms with Crippen molar-refractivity contribution < 1.29 is 4.74 Å².